The highest BCUT2D eigenvalue weighted by Gasteiger charge is 2.34. The van der Waals surface area contributed by atoms with Gasteiger partial charge >= 0.3 is 0 Å². The zero-order valence-electron chi connectivity index (χ0n) is 12.3. The Morgan fingerprint density at radius 1 is 1.33 bits per heavy atom. The Balaban J connectivity index is 1.66. The third-order valence-corrected chi connectivity index (χ3v) is 4.75. The smallest absolute Gasteiger partial charge is 0.0604 e. The molecule has 0 aromatic carbocycles. The number of ether oxygens (including phenoxy) is 1. The van der Waals surface area contributed by atoms with Crippen LogP contribution in [0.4, 0.5) is 0 Å². The summed E-state index contributed by atoms with van der Waals surface area (Å²) in [4.78, 5) is 0. The summed E-state index contributed by atoms with van der Waals surface area (Å²) in [7, 11) is 0. The van der Waals surface area contributed by atoms with Crippen molar-refractivity contribution in [1.29, 1.82) is 0 Å². The van der Waals surface area contributed by atoms with Gasteiger partial charge < -0.3 is 15.4 Å². The maximum atomic E-state index is 5.61. The molecule has 3 heteroatoms. The second-order valence-electron chi connectivity index (χ2n) is 6.66. The predicted octanol–water partition coefficient (Wildman–Crippen LogP) is 2.17. The second-order valence-corrected chi connectivity index (χ2v) is 6.66. The van der Waals surface area contributed by atoms with Gasteiger partial charge in [0.25, 0.3) is 0 Å². The second kappa shape index (κ2) is 6.36. The molecule has 2 fully saturated rings. The maximum absolute atomic E-state index is 5.61. The van der Waals surface area contributed by atoms with Crippen molar-refractivity contribution in [2.75, 3.05) is 26.2 Å². The van der Waals surface area contributed by atoms with Crippen LogP contribution < -0.4 is 10.6 Å². The van der Waals surface area contributed by atoms with Crippen molar-refractivity contribution in [3.8, 4) is 0 Å². The Morgan fingerprint density at radius 2 is 2.11 bits per heavy atom. The molecule has 0 spiro atoms. The molecular formula is C15H30N2O. The molecule has 2 aliphatic rings. The molecule has 1 saturated heterocycles. The molecule has 1 heterocycles. The van der Waals surface area contributed by atoms with Gasteiger partial charge in [-0.3, -0.25) is 0 Å². The van der Waals surface area contributed by atoms with Crippen LogP contribution in [0.5, 0.6) is 0 Å². The van der Waals surface area contributed by atoms with E-state index < -0.39 is 0 Å². The van der Waals surface area contributed by atoms with E-state index in [9.17, 15) is 0 Å². The molecule has 1 saturated carbocycles. The monoisotopic (exact) mass is 254 g/mol. The number of piperidine rings is 1. The lowest BCUT2D eigenvalue weighted by Crippen LogP contribution is -2.50. The lowest BCUT2D eigenvalue weighted by Gasteiger charge is -2.41. The van der Waals surface area contributed by atoms with Crippen LogP contribution in [-0.4, -0.2) is 38.4 Å². The average Bonchev–Trinajstić information content (AvgIpc) is 2.33. The van der Waals surface area contributed by atoms with Crippen LogP contribution in [0, 0.1) is 11.3 Å². The standard InChI is InChI=1S/C15H30N2O/c1-4-18-14-8-13(9-14)17-11-15(2,3)12-6-5-7-16-10-12/h12-14,16-17H,4-11H2,1-3H3. The summed E-state index contributed by atoms with van der Waals surface area (Å²) in [5, 5.41) is 7.27. The molecule has 3 nitrogen and oxygen atoms in total. The predicted molar refractivity (Wildman–Crippen MR) is 75.8 cm³/mol. The fourth-order valence-electron chi connectivity index (χ4n) is 3.17. The van der Waals surface area contributed by atoms with Gasteiger partial charge in [-0.2, -0.15) is 0 Å². The molecule has 106 valence electrons. The van der Waals surface area contributed by atoms with Crippen LogP contribution in [0.3, 0.4) is 0 Å². The molecule has 0 amide bonds. The average molecular weight is 254 g/mol. The van der Waals surface area contributed by atoms with Gasteiger partial charge in [-0.05, 0) is 57.0 Å². The summed E-state index contributed by atoms with van der Waals surface area (Å²) in [6.07, 6.45) is 5.64. The molecule has 2 rings (SSSR count). The van der Waals surface area contributed by atoms with Crippen LogP contribution in [0.15, 0.2) is 0 Å². The summed E-state index contributed by atoms with van der Waals surface area (Å²) in [6, 6.07) is 0.692. The lowest BCUT2D eigenvalue weighted by atomic mass is 9.74. The van der Waals surface area contributed by atoms with Gasteiger partial charge in [0.2, 0.25) is 0 Å². The lowest BCUT2D eigenvalue weighted by molar-refractivity contribution is -0.0132. The summed E-state index contributed by atoms with van der Waals surface area (Å²) < 4.78 is 5.61. The van der Waals surface area contributed by atoms with Crippen LogP contribution in [0.1, 0.15) is 46.5 Å². The largest absolute Gasteiger partial charge is 0.378 e. The molecule has 2 N–H and O–H groups in total. The van der Waals surface area contributed by atoms with Crippen molar-refractivity contribution >= 4 is 0 Å². The molecule has 0 bridgehead atoms. The first kappa shape index (κ1) is 14.3. The SMILES string of the molecule is CCOC1CC(NCC(C)(C)C2CCCNC2)C1. The Hall–Kier alpha value is -0.120. The van der Waals surface area contributed by atoms with E-state index in [-0.39, 0.29) is 0 Å². The summed E-state index contributed by atoms with van der Waals surface area (Å²) in [6.45, 7) is 11.3. The number of hydrogen-bond acceptors (Lipinski definition) is 3. The van der Waals surface area contributed by atoms with Crippen LogP contribution >= 0.6 is 0 Å². The van der Waals surface area contributed by atoms with Crippen LogP contribution in [-0.2, 0) is 4.74 Å². The van der Waals surface area contributed by atoms with Crippen LogP contribution in [0.25, 0.3) is 0 Å². The van der Waals surface area contributed by atoms with E-state index in [2.05, 4.69) is 31.4 Å². The van der Waals surface area contributed by atoms with Crippen molar-refractivity contribution in [2.45, 2.75) is 58.6 Å². The van der Waals surface area contributed by atoms with E-state index >= 15 is 0 Å². The first-order valence-electron chi connectivity index (χ1n) is 7.67. The van der Waals surface area contributed by atoms with Crippen molar-refractivity contribution in [3.63, 3.8) is 0 Å². The van der Waals surface area contributed by atoms with Gasteiger partial charge in [-0.1, -0.05) is 13.8 Å². The van der Waals surface area contributed by atoms with Crippen molar-refractivity contribution in [2.24, 2.45) is 11.3 Å². The van der Waals surface area contributed by atoms with Gasteiger partial charge in [0.15, 0.2) is 0 Å². The van der Waals surface area contributed by atoms with E-state index in [0.717, 1.165) is 19.1 Å². The van der Waals surface area contributed by atoms with Crippen LogP contribution in [0.2, 0.25) is 0 Å². The summed E-state index contributed by atoms with van der Waals surface area (Å²) >= 11 is 0. The highest BCUT2D eigenvalue weighted by Crippen LogP contribution is 2.32. The summed E-state index contributed by atoms with van der Waals surface area (Å²) in [5.41, 5.74) is 0.407. The maximum Gasteiger partial charge on any atom is 0.0604 e. The number of hydrogen-bond donors (Lipinski definition) is 2. The van der Waals surface area contributed by atoms with E-state index in [4.69, 9.17) is 4.74 Å². The Bertz CT molecular complexity index is 243. The minimum absolute atomic E-state index is 0.407. The minimum Gasteiger partial charge on any atom is -0.378 e. The molecule has 18 heavy (non-hydrogen) atoms. The first-order chi connectivity index (χ1) is 8.62. The van der Waals surface area contributed by atoms with E-state index in [1.165, 1.54) is 38.8 Å². The van der Waals surface area contributed by atoms with E-state index in [1.54, 1.807) is 0 Å². The Morgan fingerprint density at radius 3 is 2.72 bits per heavy atom. The minimum atomic E-state index is 0.407. The topological polar surface area (TPSA) is 33.3 Å². The van der Waals surface area contributed by atoms with E-state index in [0.29, 0.717) is 17.6 Å². The molecule has 1 atom stereocenters. The zero-order chi connectivity index (χ0) is 13.0. The summed E-state index contributed by atoms with van der Waals surface area (Å²) in [5.74, 6) is 0.821. The van der Waals surface area contributed by atoms with Gasteiger partial charge in [0, 0.05) is 19.2 Å². The Labute approximate surface area is 112 Å². The van der Waals surface area contributed by atoms with E-state index in [1.807, 2.05) is 0 Å². The van der Waals surface area contributed by atoms with Gasteiger partial charge in [0.05, 0.1) is 6.10 Å². The third-order valence-electron chi connectivity index (χ3n) is 4.75. The molecule has 1 unspecified atom stereocenters. The Kier molecular flexibility index (Phi) is 5.05. The number of nitrogens with one attached hydrogen (secondary N) is 2. The zero-order valence-corrected chi connectivity index (χ0v) is 12.3. The first-order valence-corrected chi connectivity index (χ1v) is 7.67. The molecule has 1 aliphatic heterocycles. The highest BCUT2D eigenvalue weighted by molar-refractivity contribution is 4.90. The fourth-order valence-corrected chi connectivity index (χ4v) is 3.17. The van der Waals surface area contributed by atoms with Crippen molar-refractivity contribution in [1.82, 2.24) is 10.6 Å². The van der Waals surface area contributed by atoms with Gasteiger partial charge in [-0.25, -0.2) is 0 Å². The normalized spacial score (nSPS) is 33.2. The molecule has 1 aliphatic carbocycles. The fraction of sp³-hybridized carbons (Fsp3) is 1.00. The molecule has 0 aromatic rings. The molecule has 0 radical (unpaired) electrons. The van der Waals surface area contributed by atoms with Crippen molar-refractivity contribution in [3.05, 3.63) is 0 Å². The van der Waals surface area contributed by atoms with Gasteiger partial charge in [0.1, 0.15) is 0 Å². The van der Waals surface area contributed by atoms with Crippen molar-refractivity contribution < 1.29 is 4.74 Å². The third kappa shape index (κ3) is 3.69. The molecule has 0 aromatic heterocycles. The highest BCUT2D eigenvalue weighted by atomic mass is 16.5. The quantitative estimate of drug-likeness (QED) is 0.762. The number of rotatable bonds is 6. The molecular weight excluding hydrogens is 224 g/mol. The van der Waals surface area contributed by atoms with Gasteiger partial charge in [-0.15, -0.1) is 0 Å².